The van der Waals surface area contributed by atoms with Gasteiger partial charge in [-0.25, -0.2) is 0 Å². The molecule has 4 nitrogen and oxygen atoms in total. The van der Waals surface area contributed by atoms with Gasteiger partial charge in [-0.1, -0.05) is 0 Å². The summed E-state index contributed by atoms with van der Waals surface area (Å²) in [5, 5.41) is 0. The summed E-state index contributed by atoms with van der Waals surface area (Å²) in [6.45, 7) is -3.92. The van der Waals surface area contributed by atoms with Crippen molar-refractivity contribution in [1.29, 1.82) is 0 Å². The molecule has 0 aromatic rings. The van der Waals surface area contributed by atoms with Crippen LogP contribution in [-0.4, -0.2) is 26.2 Å². The predicted molar refractivity (Wildman–Crippen MR) is 59.4 cm³/mol. The number of carbonyl (C=O) groups excluding carboxylic acids is 2. The quantitative estimate of drug-likeness (QED) is 0.581. The van der Waals surface area contributed by atoms with Crippen LogP contribution in [0.15, 0.2) is 0 Å². The van der Waals surface area contributed by atoms with E-state index in [0.29, 0.717) is 9.63 Å². The summed E-state index contributed by atoms with van der Waals surface area (Å²) in [7, 11) is 3.05. The first-order valence-corrected chi connectivity index (χ1v) is 13.5. The molecule has 10 fully saturated rings. The molecular formula is C14H14FeO4. The molecule has 10 aliphatic rings. The monoisotopic (exact) mass is 302 g/mol. The SMILES string of the molecule is COC(=O)[C]12[CH]3[CH]4[CH]5[C]1(C(=O)OC)[Fe]43521678[CH]2[CH]1[CH]6[CH]7[CH]28. The molecule has 10 rings (SSSR count). The molecular weight excluding hydrogens is 288 g/mol. The van der Waals surface area contributed by atoms with E-state index in [4.69, 9.17) is 9.47 Å². The van der Waals surface area contributed by atoms with E-state index < -0.39 is 6.51 Å². The number of methoxy groups -OCH3 is 2. The van der Waals surface area contributed by atoms with Crippen molar-refractivity contribution in [2.45, 2.75) is 47.2 Å². The van der Waals surface area contributed by atoms with Gasteiger partial charge in [-0.3, -0.25) is 0 Å². The van der Waals surface area contributed by atoms with Crippen LogP contribution in [0.4, 0.5) is 0 Å². The second-order valence-corrected chi connectivity index (χ2v) is 33.9. The molecule has 10 saturated heterocycles. The van der Waals surface area contributed by atoms with Crippen LogP contribution in [0.5, 0.6) is 0 Å². The van der Waals surface area contributed by atoms with Gasteiger partial charge in [0.2, 0.25) is 0 Å². The molecule has 0 amide bonds. The van der Waals surface area contributed by atoms with E-state index in [1.54, 1.807) is 0 Å². The first-order valence-electron chi connectivity index (χ1n) is 7.28. The fraction of sp³-hybridized carbons (Fsp3) is 0.857. The Morgan fingerprint density at radius 1 is 0.789 bits per heavy atom. The van der Waals surface area contributed by atoms with Gasteiger partial charge in [0.05, 0.1) is 0 Å². The number of rotatable bonds is 2. The fourth-order valence-corrected chi connectivity index (χ4v) is 92.9. The minimum absolute atomic E-state index is 0.0272. The third-order valence-electron chi connectivity index (χ3n) is 15.8. The van der Waals surface area contributed by atoms with Crippen LogP contribution in [0.25, 0.3) is 0 Å². The molecule has 5 heteroatoms. The summed E-state index contributed by atoms with van der Waals surface area (Å²) >= 11 is 0. The Labute approximate surface area is 99.0 Å². The van der Waals surface area contributed by atoms with Gasteiger partial charge in [-0.2, -0.15) is 0 Å². The molecule has 0 aromatic carbocycles. The van der Waals surface area contributed by atoms with Gasteiger partial charge in [0, 0.05) is 0 Å². The van der Waals surface area contributed by atoms with Crippen LogP contribution < -0.4 is 0 Å². The van der Waals surface area contributed by atoms with Crippen molar-refractivity contribution in [3.8, 4) is 0 Å². The molecule has 0 radical (unpaired) electrons. The Kier molecular flexibility index (Phi) is 0.237. The van der Waals surface area contributed by atoms with Crippen LogP contribution in [0.3, 0.4) is 0 Å². The zero-order valence-corrected chi connectivity index (χ0v) is 11.7. The maximum absolute atomic E-state index is 12.8. The molecule has 0 aromatic heterocycles. The van der Waals surface area contributed by atoms with Crippen molar-refractivity contribution in [2.24, 2.45) is 0 Å². The van der Waals surface area contributed by atoms with Crippen LogP contribution >= 0.6 is 0 Å². The normalized spacial score (nSPS) is 111. The second kappa shape index (κ2) is 0.604. The van der Waals surface area contributed by atoms with Gasteiger partial charge in [0.15, 0.2) is 0 Å². The molecule has 10 aliphatic heterocycles. The third-order valence-corrected chi connectivity index (χ3v) is 58.5. The van der Waals surface area contributed by atoms with E-state index >= 15 is 0 Å². The Morgan fingerprint density at radius 2 is 1.16 bits per heavy atom. The number of carbonyl (C=O) groups is 2. The summed E-state index contributed by atoms with van der Waals surface area (Å²) < 4.78 is 10.1. The molecule has 1 spiro atoms. The van der Waals surface area contributed by atoms with Crippen molar-refractivity contribution in [3.63, 3.8) is 0 Å². The second-order valence-electron chi connectivity index (χ2n) is 10.7. The number of esters is 2. The van der Waals surface area contributed by atoms with Gasteiger partial charge < -0.3 is 0 Å². The average molecular weight is 302 g/mol. The number of ether oxygens (including phenoxy) is 2. The molecule has 0 N–H and O–H groups in total. The Hall–Kier alpha value is -0.541. The molecule has 102 valence electrons. The van der Waals surface area contributed by atoms with Crippen LogP contribution in [-0.2, 0) is 25.6 Å². The van der Waals surface area contributed by atoms with Crippen molar-refractivity contribution >= 4 is 11.9 Å². The first kappa shape index (κ1) is 7.46. The zero-order chi connectivity index (χ0) is 12.5. The minimum atomic E-state index is -3.92. The zero-order valence-electron chi connectivity index (χ0n) is 10.6. The number of fused-ring (bicyclic) bond motifs is 10. The van der Waals surface area contributed by atoms with Gasteiger partial charge in [0.25, 0.3) is 0 Å². The van der Waals surface area contributed by atoms with Gasteiger partial charge >= 0.3 is 98.9 Å². The molecule has 0 saturated carbocycles. The molecule has 10 heterocycles. The predicted octanol–water partition coefficient (Wildman–Crippen LogP) is 2.46. The Balaban J connectivity index is 1.63. The molecule has 0 bridgehead atoms. The number of hydrogen-bond acceptors (Lipinski definition) is 4. The molecule has 19 heavy (non-hydrogen) atoms. The summed E-state index contributed by atoms with van der Waals surface area (Å²) in [5.74, 6) is 0.0544. The van der Waals surface area contributed by atoms with Gasteiger partial charge in [0.1, 0.15) is 0 Å². The van der Waals surface area contributed by atoms with E-state index in [2.05, 4.69) is 0 Å². The molecule has 0 aliphatic carbocycles. The van der Waals surface area contributed by atoms with Crippen LogP contribution in [0.1, 0.15) is 0 Å². The van der Waals surface area contributed by atoms with E-state index in [9.17, 15) is 9.59 Å². The Morgan fingerprint density at radius 3 is 1.37 bits per heavy atom. The summed E-state index contributed by atoms with van der Waals surface area (Å²) in [5.41, 5.74) is 0. The van der Waals surface area contributed by atoms with Gasteiger partial charge in [-0.15, -0.1) is 0 Å². The topological polar surface area (TPSA) is 52.6 Å². The van der Waals surface area contributed by atoms with Crippen molar-refractivity contribution in [2.75, 3.05) is 14.2 Å². The summed E-state index contributed by atoms with van der Waals surface area (Å²) in [4.78, 5) is 32.5. The number of hydrogen-bond donors (Lipinski definition) is 0. The fourth-order valence-electron chi connectivity index (χ4n) is 18.0. The summed E-state index contributed by atoms with van der Waals surface area (Å²) in [6, 6.07) is 0. The third kappa shape index (κ3) is 0.0710. The standard InChI is InChI=1S/C9H9O4.C5H5.Fe/c1-12-8(10)6-4-3-5-7(6)9(11)13-2;1-2-4-5-3-1;/h3-5H,1-2H3;1-5H;. The van der Waals surface area contributed by atoms with E-state index in [-0.39, 0.29) is 20.6 Å². The maximum atomic E-state index is 12.8. The molecule has 4 atom stereocenters. The van der Waals surface area contributed by atoms with E-state index in [1.165, 1.54) is 14.2 Å². The Bertz CT molecular complexity index is 1030. The van der Waals surface area contributed by atoms with E-state index in [1.807, 2.05) is 0 Å². The molecule has 4 unspecified atom stereocenters. The van der Waals surface area contributed by atoms with Crippen molar-refractivity contribution < 1.29 is 25.6 Å². The van der Waals surface area contributed by atoms with E-state index in [0.717, 1.165) is 28.9 Å². The first-order chi connectivity index (χ1) is 8.90. The van der Waals surface area contributed by atoms with Crippen molar-refractivity contribution in [3.05, 3.63) is 0 Å². The van der Waals surface area contributed by atoms with Crippen molar-refractivity contribution in [1.82, 2.24) is 0 Å². The van der Waals surface area contributed by atoms with Gasteiger partial charge in [-0.05, 0) is 0 Å². The van der Waals surface area contributed by atoms with Crippen LogP contribution in [0, 0.1) is 0 Å². The van der Waals surface area contributed by atoms with Crippen LogP contribution in [0.2, 0.25) is 47.2 Å². The summed E-state index contributed by atoms with van der Waals surface area (Å²) in [6.07, 6.45) is 0. The average Bonchev–Trinajstić information content (AvgIpc) is 3.37.